The molecule has 0 unspecified atom stereocenters. The molecule has 0 atom stereocenters. The Kier molecular flexibility index (Phi) is 5.43. The number of pyridine rings is 1. The molecule has 1 aromatic carbocycles. The van der Waals surface area contributed by atoms with Crippen LogP contribution in [-0.4, -0.2) is 53.3 Å². The maximum absolute atomic E-state index is 12.5. The van der Waals surface area contributed by atoms with E-state index in [0.29, 0.717) is 17.7 Å². The molecule has 2 amide bonds. The Labute approximate surface area is 148 Å². The zero-order chi connectivity index (χ0) is 17.6. The van der Waals surface area contributed by atoms with Gasteiger partial charge in [-0.3, -0.25) is 14.6 Å². The molecule has 0 saturated carbocycles. The minimum absolute atomic E-state index is 0.0331. The molecule has 1 aromatic heterocycles. The van der Waals surface area contributed by atoms with Crippen molar-refractivity contribution in [3.63, 3.8) is 0 Å². The monoisotopic (exact) mass is 337 g/mol. The van der Waals surface area contributed by atoms with Crippen LogP contribution in [0.1, 0.15) is 39.1 Å². The normalized spacial score (nSPS) is 13.7. The molecule has 0 spiro atoms. The van der Waals surface area contributed by atoms with E-state index in [1.54, 1.807) is 48.6 Å². The van der Waals surface area contributed by atoms with E-state index >= 15 is 0 Å². The van der Waals surface area contributed by atoms with E-state index in [-0.39, 0.29) is 11.8 Å². The highest BCUT2D eigenvalue weighted by molar-refractivity contribution is 5.97. The average molecular weight is 337 g/mol. The lowest BCUT2D eigenvalue weighted by Crippen LogP contribution is -2.29. The van der Waals surface area contributed by atoms with Crippen molar-refractivity contribution in [2.45, 2.75) is 19.3 Å². The van der Waals surface area contributed by atoms with Gasteiger partial charge in [0.2, 0.25) is 0 Å². The van der Waals surface area contributed by atoms with Crippen LogP contribution in [0.5, 0.6) is 0 Å². The summed E-state index contributed by atoms with van der Waals surface area (Å²) >= 11 is 0. The van der Waals surface area contributed by atoms with Crippen molar-refractivity contribution >= 4 is 11.8 Å². The largest absolute Gasteiger partial charge is 0.341 e. The lowest BCUT2D eigenvalue weighted by molar-refractivity contribution is 0.0782. The molecule has 2 aromatic rings. The summed E-state index contributed by atoms with van der Waals surface area (Å²) in [5, 5.41) is 0. The van der Waals surface area contributed by atoms with E-state index in [2.05, 4.69) is 4.98 Å². The van der Waals surface area contributed by atoms with Crippen molar-refractivity contribution in [3.8, 4) is 0 Å². The van der Waals surface area contributed by atoms with Crippen LogP contribution in [0.4, 0.5) is 0 Å². The third kappa shape index (κ3) is 4.24. The van der Waals surface area contributed by atoms with Gasteiger partial charge in [0.1, 0.15) is 0 Å². The second-order valence-corrected chi connectivity index (χ2v) is 6.41. The summed E-state index contributed by atoms with van der Waals surface area (Å²) in [6, 6.07) is 10.9. The first kappa shape index (κ1) is 17.1. The summed E-state index contributed by atoms with van der Waals surface area (Å²) in [5.74, 6) is 0.0248. The van der Waals surface area contributed by atoms with Crippen LogP contribution in [0.3, 0.4) is 0 Å². The van der Waals surface area contributed by atoms with Gasteiger partial charge in [-0.05, 0) is 61.2 Å². The number of carbonyl (C=O) groups is 2. The van der Waals surface area contributed by atoms with E-state index in [9.17, 15) is 9.59 Å². The summed E-state index contributed by atoms with van der Waals surface area (Å²) in [5.41, 5.74) is 2.41. The summed E-state index contributed by atoms with van der Waals surface area (Å²) in [4.78, 5) is 32.4. The zero-order valence-electron chi connectivity index (χ0n) is 14.5. The summed E-state index contributed by atoms with van der Waals surface area (Å²) in [7, 11) is 1.80. The fourth-order valence-electron chi connectivity index (χ4n) is 3.03. The highest BCUT2D eigenvalue weighted by Gasteiger charge is 2.20. The van der Waals surface area contributed by atoms with E-state index in [1.165, 1.54) is 0 Å². The summed E-state index contributed by atoms with van der Waals surface area (Å²) in [6.07, 6.45) is 6.45. The van der Waals surface area contributed by atoms with Crippen molar-refractivity contribution in [3.05, 3.63) is 65.5 Å². The van der Waals surface area contributed by atoms with Gasteiger partial charge in [-0.2, -0.15) is 0 Å². The summed E-state index contributed by atoms with van der Waals surface area (Å²) < 4.78 is 0. The maximum Gasteiger partial charge on any atom is 0.253 e. The Morgan fingerprint density at radius 3 is 2.24 bits per heavy atom. The van der Waals surface area contributed by atoms with Crippen molar-refractivity contribution in [2.24, 2.45) is 0 Å². The van der Waals surface area contributed by atoms with Crippen LogP contribution in [-0.2, 0) is 6.42 Å². The molecule has 1 fully saturated rings. The summed E-state index contributed by atoms with van der Waals surface area (Å²) in [6.45, 7) is 2.30. The van der Waals surface area contributed by atoms with Gasteiger partial charge < -0.3 is 9.80 Å². The predicted octanol–water partition coefficient (Wildman–Crippen LogP) is 2.63. The number of hydrogen-bond acceptors (Lipinski definition) is 3. The Hall–Kier alpha value is -2.69. The standard InChI is InChI=1S/C20H23N3O2/c1-22(15-10-16-8-11-21-12-9-16)19(24)17-4-6-18(7-5-17)20(25)23-13-2-3-14-23/h4-9,11-12H,2-3,10,13-15H2,1H3. The predicted molar refractivity (Wildman–Crippen MR) is 96.5 cm³/mol. The Bertz CT molecular complexity index is 722. The Morgan fingerprint density at radius 1 is 1.00 bits per heavy atom. The minimum Gasteiger partial charge on any atom is -0.341 e. The number of likely N-dealkylation sites (N-methyl/N-ethyl adjacent to an activating group) is 1. The van der Waals surface area contributed by atoms with Gasteiger partial charge in [0.05, 0.1) is 0 Å². The number of likely N-dealkylation sites (tertiary alicyclic amines) is 1. The van der Waals surface area contributed by atoms with Crippen LogP contribution in [0.25, 0.3) is 0 Å². The molecule has 2 heterocycles. The molecule has 0 aliphatic carbocycles. The molecule has 1 aliphatic heterocycles. The second kappa shape index (κ2) is 7.92. The number of amides is 2. The molecule has 0 N–H and O–H groups in total. The van der Waals surface area contributed by atoms with E-state index in [1.807, 2.05) is 17.0 Å². The van der Waals surface area contributed by atoms with Crippen molar-refractivity contribution in [2.75, 3.05) is 26.7 Å². The second-order valence-electron chi connectivity index (χ2n) is 6.41. The first-order valence-corrected chi connectivity index (χ1v) is 8.69. The maximum atomic E-state index is 12.5. The fourth-order valence-corrected chi connectivity index (χ4v) is 3.03. The lowest BCUT2D eigenvalue weighted by Gasteiger charge is -2.18. The Morgan fingerprint density at radius 2 is 1.60 bits per heavy atom. The molecule has 1 aliphatic rings. The van der Waals surface area contributed by atoms with E-state index in [4.69, 9.17) is 0 Å². The number of carbonyl (C=O) groups excluding carboxylic acids is 2. The smallest absolute Gasteiger partial charge is 0.253 e. The number of rotatable bonds is 5. The van der Waals surface area contributed by atoms with Gasteiger partial charge in [0.15, 0.2) is 0 Å². The van der Waals surface area contributed by atoms with Crippen molar-refractivity contribution in [1.82, 2.24) is 14.8 Å². The molecule has 0 radical (unpaired) electrons. The highest BCUT2D eigenvalue weighted by atomic mass is 16.2. The van der Waals surface area contributed by atoms with Crippen LogP contribution >= 0.6 is 0 Å². The SMILES string of the molecule is CN(CCc1ccncc1)C(=O)c1ccc(C(=O)N2CCCC2)cc1. The van der Waals surface area contributed by atoms with Gasteiger partial charge >= 0.3 is 0 Å². The molecule has 5 heteroatoms. The first-order valence-electron chi connectivity index (χ1n) is 8.69. The average Bonchev–Trinajstić information content (AvgIpc) is 3.20. The number of benzene rings is 1. The number of nitrogens with zero attached hydrogens (tertiary/aromatic N) is 3. The van der Waals surface area contributed by atoms with Crippen LogP contribution in [0.15, 0.2) is 48.8 Å². The quantitative estimate of drug-likeness (QED) is 0.843. The van der Waals surface area contributed by atoms with Gasteiger partial charge in [-0.15, -0.1) is 0 Å². The van der Waals surface area contributed by atoms with Crippen LogP contribution < -0.4 is 0 Å². The molecular weight excluding hydrogens is 314 g/mol. The van der Waals surface area contributed by atoms with Crippen molar-refractivity contribution < 1.29 is 9.59 Å². The van der Waals surface area contributed by atoms with E-state index < -0.39 is 0 Å². The molecule has 130 valence electrons. The first-order chi connectivity index (χ1) is 12.1. The third-order valence-corrected chi connectivity index (χ3v) is 4.60. The topological polar surface area (TPSA) is 53.5 Å². The van der Waals surface area contributed by atoms with Gasteiger partial charge in [-0.1, -0.05) is 0 Å². The van der Waals surface area contributed by atoms with E-state index in [0.717, 1.165) is 37.9 Å². The Balaban J connectivity index is 1.59. The van der Waals surface area contributed by atoms with Gasteiger partial charge in [0.25, 0.3) is 11.8 Å². The third-order valence-electron chi connectivity index (χ3n) is 4.60. The number of hydrogen-bond donors (Lipinski definition) is 0. The van der Waals surface area contributed by atoms with Crippen LogP contribution in [0.2, 0.25) is 0 Å². The minimum atomic E-state index is -0.0331. The molecule has 1 saturated heterocycles. The molecule has 5 nitrogen and oxygen atoms in total. The molecule has 3 rings (SSSR count). The molecule has 25 heavy (non-hydrogen) atoms. The van der Waals surface area contributed by atoms with Gasteiger partial charge in [-0.25, -0.2) is 0 Å². The number of aromatic nitrogens is 1. The van der Waals surface area contributed by atoms with Crippen molar-refractivity contribution in [1.29, 1.82) is 0 Å². The lowest BCUT2D eigenvalue weighted by atomic mass is 10.1. The molecular formula is C20H23N3O2. The fraction of sp³-hybridized carbons (Fsp3) is 0.350. The zero-order valence-corrected chi connectivity index (χ0v) is 14.5. The van der Waals surface area contributed by atoms with Crippen LogP contribution in [0, 0.1) is 0 Å². The highest BCUT2D eigenvalue weighted by Crippen LogP contribution is 2.14. The molecule has 0 bridgehead atoms. The van der Waals surface area contributed by atoms with Gasteiger partial charge in [0, 0.05) is 50.2 Å².